The van der Waals surface area contributed by atoms with Crippen LogP contribution >= 0.6 is 11.6 Å². The molecule has 0 bridgehead atoms. The topological polar surface area (TPSA) is 61.4 Å². The van der Waals surface area contributed by atoms with Crippen molar-refractivity contribution in [3.63, 3.8) is 0 Å². The highest BCUT2D eigenvalue weighted by Crippen LogP contribution is 2.44. The van der Waals surface area contributed by atoms with Crippen molar-refractivity contribution in [3.05, 3.63) is 34.3 Å². The second-order valence-corrected chi connectivity index (χ2v) is 8.73. The number of carbonyl (C=O) groups is 2. The maximum atomic E-state index is 13.4. The number of nitrogens with one attached hydrogen (secondary N) is 2. The first kappa shape index (κ1) is 24.5. The zero-order valence-corrected chi connectivity index (χ0v) is 18.1. The molecule has 1 unspecified atom stereocenters. The van der Waals surface area contributed by atoms with Crippen LogP contribution in [0.5, 0.6) is 0 Å². The molecule has 5 nitrogen and oxygen atoms in total. The SMILES string of the molecule is C[C@@H]1C(=O)NCCN1C(=O)NC(c1ccc(Cl)c(C(F)F)c1)C1CCC(C(F)(F)F)CC1. The van der Waals surface area contributed by atoms with Crippen molar-refractivity contribution < 1.29 is 31.5 Å². The summed E-state index contributed by atoms with van der Waals surface area (Å²) in [4.78, 5) is 26.2. The van der Waals surface area contributed by atoms with Crippen LogP contribution in [0.15, 0.2) is 18.2 Å². The zero-order chi connectivity index (χ0) is 23.6. The van der Waals surface area contributed by atoms with E-state index in [-0.39, 0.29) is 55.6 Å². The van der Waals surface area contributed by atoms with Crippen molar-refractivity contribution in [3.8, 4) is 0 Å². The molecule has 1 saturated heterocycles. The van der Waals surface area contributed by atoms with E-state index < -0.39 is 42.2 Å². The Morgan fingerprint density at radius 1 is 1.22 bits per heavy atom. The van der Waals surface area contributed by atoms with Crippen LogP contribution in [0.4, 0.5) is 26.7 Å². The lowest BCUT2D eigenvalue weighted by molar-refractivity contribution is -0.184. The number of nitrogens with zero attached hydrogens (tertiary/aromatic N) is 1. The summed E-state index contributed by atoms with van der Waals surface area (Å²) in [7, 11) is 0. The monoisotopic (exact) mass is 481 g/mol. The van der Waals surface area contributed by atoms with E-state index >= 15 is 0 Å². The standard InChI is InChI=1S/C21H25ClF5N3O2/c1-11-19(31)28-8-9-30(11)20(32)29-17(12-2-5-14(6-3-12)21(25,26)27)13-4-7-16(22)15(10-13)18(23)24/h4,7,10-12,14,17-18H,2-3,5-6,8-9H2,1H3,(H,28,31)(H,29,32)/t11-,12?,14?,17?/m1/s1. The number of halogens is 6. The van der Waals surface area contributed by atoms with E-state index in [0.29, 0.717) is 5.56 Å². The summed E-state index contributed by atoms with van der Waals surface area (Å²) in [5.41, 5.74) is -0.0549. The second-order valence-electron chi connectivity index (χ2n) is 8.32. The molecule has 3 amide bonds. The summed E-state index contributed by atoms with van der Waals surface area (Å²) in [6.45, 7) is 2.10. The highest BCUT2D eigenvalue weighted by molar-refractivity contribution is 6.31. The maximum absolute atomic E-state index is 13.4. The van der Waals surface area contributed by atoms with Gasteiger partial charge in [0.2, 0.25) is 5.91 Å². The highest BCUT2D eigenvalue weighted by atomic mass is 35.5. The van der Waals surface area contributed by atoms with E-state index in [1.165, 1.54) is 23.1 Å². The molecule has 0 spiro atoms. The maximum Gasteiger partial charge on any atom is 0.391 e. The van der Waals surface area contributed by atoms with Crippen molar-refractivity contribution >= 4 is 23.5 Å². The molecule has 3 rings (SSSR count). The van der Waals surface area contributed by atoms with Gasteiger partial charge >= 0.3 is 12.2 Å². The Labute approximate surface area is 187 Å². The van der Waals surface area contributed by atoms with Crippen LogP contribution in [0.25, 0.3) is 0 Å². The van der Waals surface area contributed by atoms with Crippen LogP contribution in [0.3, 0.4) is 0 Å². The third-order valence-electron chi connectivity index (χ3n) is 6.36. The number of benzene rings is 1. The molecule has 2 atom stereocenters. The lowest BCUT2D eigenvalue weighted by Crippen LogP contribution is -2.58. The van der Waals surface area contributed by atoms with Gasteiger partial charge in [-0.2, -0.15) is 13.2 Å². The predicted molar refractivity (Wildman–Crippen MR) is 108 cm³/mol. The number of carbonyl (C=O) groups excluding carboxylic acids is 2. The normalized spacial score (nSPS) is 25.4. The summed E-state index contributed by atoms with van der Waals surface area (Å²) in [6, 6.07) is 1.91. The Bertz CT molecular complexity index is 843. The Kier molecular flexibility index (Phi) is 7.52. The molecule has 32 heavy (non-hydrogen) atoms. The highest BCUT2D eigenvalue weighted by Gasteiger charge is 2.43. The van der Waals surface area contributed by atoms with Gasteiger partial charge in [0.15, 0.2) is 0 Å². The fourth-order valence-electron chi connectivity index (χ4n) is 4.45. The molecule has 2 aliphatic rings. The van der Waals surface area contributed by atoms with E-state index in [1.54, 1.807) is 6.92 Å². The fourth-order valence-corrected chi connectivity index (χ4v) is 4.65. The summed E-state index contributed by atoms with van der Waals surface area (Å²) < 4.78 is 66.1. The van der Waals surface area contributed by atoms with Gasteiger partial charge in [0.25, 0.3) is 6.43 Å². The van der Waals surface area contributed by atoms with Gasteiger partial charge in [-0.25, -0.2) is 13.6 Å². The van der Waals surface area contributed by atoms with Crippen LogP contribution in [0.2, 0.25) is 5.02 Å². The first-order valence-corrected chi connectivity index (χ1v) is 10.9. The second kappa shape index (κ2) is 9.80. The average Bonchev–Trinajstić information content (AvgIpc) is 2.73. The molecule has 0 radical (unpaired) electrons. The van der Waals surface area contributed by atoms with Crippen LogP contribution in [-0.2, 0) is 4.79 Å². The average molecular weight is 482 g/mol. The van der Waals surface area contributed by atoms with E-state index in [1.807, 2.05) is 0 Å². The Morgan fingerprint density at radius 2 is 1.88 bits per heavy atom. The number of hydrogen-bond acceptors (Lipinski definition) is 2. The van der Waals surface area contributed by atoms with Gasteiger partial charge in [-0.3, -0.25) is 4.79 Å². The Balaban J connectivity index is 1.86. The molecule has 11 heteroatoms. The first-order valence-electron chi connectivity index (χ1n) is 10.5. The predicted octanol–water partition coefficient (Wildman–Crippen LogP) is 5.22. The molecule has 2 N–H and O–H groups in total. The van der Waals surface area contributed by atoms with Gasteiger partial charge in [0.05, 0.1) is 12.0 Å². The van der Waals surface area contributed by atoms with E-state index in [0.717, 1.165) is 0 Å². The van der Waals surface area contributed by atoms with Crippen LogP contribution in [0.1, 0.15) is 56.2 Å². The number of piperazine rings is 1. The van der Waals surface area contributed by atoms with Crippen LogP contribution < -0.4 is 10.6 Å². The summed E-state index contributed by atoms with van der Waals surface area (Å²) in [5, 5.41) is 5.32. The fraction of sp³-hybridized carbons (Fsp3) is 0.619. The van der Waals surface area contributed by atoms with E-state index in [9.17, 15) is 31.5 Å². The minimum atomic E-state index is -4.29. The van der Waals surface area contributed by atoms with Gasteiger partial charge in [0.1, 0.15) is 6.04 Å². The van der Waals surface area contributed by atoms with Crippen molar-refractivity contribution in [1.82, 2.24) is 15.5 Å². The lowest BCUT2D eigenvalue weighted by Gasteiger charge is -2.38. The number of urea groups is 1. The largest absolute Gasteiger partial charge is 0.391 e. The lowest BCUT2D eigenvalue weighted by atomic mass is 9.76. The molecular weight excluding hydrogens is 457 g/mol. The minimum Gasteiger partial charge on any atom is -0.353 e. The van der Waals surface area contributed by atoms with Crippen molar-refractivity contribution in [2.75, 3.05) is 13.1 Å². The first-order chi connectivity index (χ1) is 15.0. The van der Waals surface area contributed by atoms with Crippen molar-refractivity contribution in [2.24, 2.45) is 11.8 Å². The summed E-state index contributed by atoms with van der Waals surface area (Å²) in [5.74, 6) is -2.11. The van der Waals surface area contributed by atoms with E-state index in [4.69, 9.17) is 11.6 Å². The third kappa shape index (κ3) is 5.44. The number of rotatable bonds is 4. The number of amides is 3. The van der Waals surface area contributed by atoms with E-state index in [2.05, 4.69) is 10.6 Å². The third-order valence-corrected chi connectivity index (χ3v) is 6.70. The molecule has 1 aliphatic heterocycles. The molecule has 1 saturated carbocycles. The molecule has 1 aromatic rings. The Hall–Kier alpha value is -2.10. The molecule has 2 fully saturated rings. The Morgan fingerprint density at radius 3 is 2.47 bits per heavy atom. The van der Waals surface area contributed by atoms with Crippen molar-refractivity contribution in [1.29, 1.82) is 0 Å². The van der Waals surface area contributed by atoms with Gasteiger partial charge in [-0.1, -0.05) is 17.7 Å². The molecular formula is C21H25ClF5N3O2. The summed E-state index contributed by atoms with van der Waals surface area (Å²) in [6.07, 6.45) is -6.97. The molecule has 1 heterocycles. The minimum absolute atomic E-state index is 0.0989. The van der Waals surface area contributed by atoms with Gasteiger partial charge in [-0.15, -0.1) is 0 Å². The van der Waals surface area contributed by atoms with Crippen LogP contribution in [0, 0.1) is 11.8 Å². The smallest absolute Gasteiger partial charge is 0.353 e. The number of alkyl halides is 5. The van der Waals surface area contributed by atoms with Gasteiger partial charge in [0, 0.05) is 23.7 Å². The zero-order valence-electron chi connectivity index (χ0n) is 17.4. The molecule has 178 valence electrons. The molecule has 1 aromatic carbocycles. The molecule has 1 aliphatic carbocycles. The quantitative estimate of drug-likeness (QED) is 0.579. The van der Waals surface area contributed by atoms with Crippen molar-refractivity contribution in [2.45, 2.75) is 57.3 Å². The van der Waals surface area contributed by atoms with Crippen LogP contribution in [-0.4, -0.2) is 42.1 Å². The number of hydrogen-bond donors (Lipinski definition) is 2. The van der Waals surface area contributed by atoms with Gasteiger partial charge in [-0.05, 0) is 56.2 Å². The van der Waals surface area contributed by atoms with Gasteiger partial charge < -0.3 is 15.5 Å². The molecule has 0 aromatic heterocycles. The summed E-state index contributed by atoms with van der Waals surface area (Å²) >= 11 is 5.87.